The Morgan fingerprint density at radius 2 is 1.67 bits per heavy atom. The SMILES string of the molecule is COc1ccc(CN2C(=O)/C(=C\c3cccc(C#N)c3)c3ccccc3C2=O)cc1. The Bertz CT molecular complexity index is 1200. The number of imide groups is 1. The number of hydrogen-bond donors (Lipinski definition) is 0. The van der Waals surface area contributed by atoms with Crippen LogP contribution in [0, 0.1) is 11.3 Å². The van der Waals surface area contributed by atoms with E-state index in [0.29, 0.717) is 28.0 Å². The van der Waals surface area contributed by atoms with Crippen molar-refractivity contribution in [3.63, 3.8) is 0 Å². The summed E-state index contributed by atoms with van der Waals surface area (Å²) in [6.45, 7) is 0.158. The number of carbonyl (C=O) groups is 2. The Morgan fingerprint density at radius 3 is 2.37 bits per heavy atom. The van der Waals surface area contributed by atoms with Crippen LogP contribution < -0.4 is 4.74 Å². The van der Waals surface area contributed by atoms with Crippen LogP contribution in [0.3, 0.4) is 0 Å². The molecule has 5 nitrogen and oxygen atoms in total. The zero-order chi connectivity index (χ0) is 21.1. The third-order valence-electron chi connectivity index (χ3n) is 4.99. The average molecular weight is 394 g/mol. The van der Waals surface area contributed by atoms with Gasteiger partial charge in [0, 0.05) is 11.1 Å². The molecule has 1 aliphatic heterocycles. The fraction of sp³-hybridized carbons (Fsp3) is 0.0800. The van der Waals surface area contributed by atoms with Crippen molar-refractivity contribution in [3.05, 3.63) is 101 Å². The summed E-state index contributed by atoms with van der Waals surface area (Å²) < 4.78 is 5.17. The first-order chi connectivity index (χ1) is 14.6. The van der Waals surface area contributed by atoms with Crippen LogP contribution in [-0.4, -0.2) is 23.8 Å². The molecule has 0 bridgehead atoms. The summed E-state index contributed by atoms with van der Waals surface area (Å²) >= 11 is 0. The molecule has 1 aliphatic rings. The van der Waals surface area contributed by atoms with E-state index in [0.717, 1.165) is 11.1 Å². The number of hydrogen-bond acceptors (Lipinski definition) is 4. The summed E-state index contributed by atoms with van der Waals surface area (Å²) in [5.74, 6) is 0.0181. The molecular formula is C25H18N2O3. The van der Waals surface area contributed by atoms with Crippen LogP contribution in [0.2, 0.25) is 0 Å². The van der Waals surface area contributed by atoms with Crippen molar-refractivity contribution in [2.24, 2.45) is 0 Å². The fourth-order valence-corrected chi connectivity index (χ4v) is 3.46. The standard InChI is InChI=1S/C25H18N2O3/c1-30-20-11-9-17(10-12-20)16-27-24(28)22-8-3-2-7-21(22)23(25(27)29)14-18-5-4-6-19(13-18)15-26/h2-14H,16H2,1H3/b23-14-. The molecule has 0 saturated carbocycles. The molecule has 0 N–H and O–H groups in total. The molecule has 0 unspecified atom stereocenters. The summed E-state index contributed by atoms with van der Waals surface area (Å²) in [5, 5.41) is 9.16. The van der Waals surface area contributed by atoms with Crippen molar-refractivity contribution in [1.29, 1.82) is 5.26 Å². The molecule has 146 valence electrons. The molecule has 0 radical (unpaired) electrons. The van der Waals surface area contributed by atoms with Gasteiger partial charge in [-0.25, -0.2) is 0 Å². The molecule has 5 heteroatoms. The van der Waals surface area contributed by atoms with Crippen molar-refractivity contribution in [2.45, 2.75) is 6.54 Å². The van der Waals surface area contributed by atoms with Crippen molar-refractivity contribution in [3.8, 4) is 11.8 Å². The van der Waals surface area contributed by atoms with Crippen LogP contribution in [0.5, 0.6) is 5.75 Å². The van der Waals surface area contributed by atoms with Gasteiger partial charge in [-0.3, -0.25) is 14.5 Å². The van der Waals surface area contributed by atoms with E-state index >= 15 is 0 Å². The Hall–Kier alpha value is -4.17. The van der Waals surface area contributed by atoms with Crippen LogP contribution in [0.15, 0.2) is 72.8 Å². The van der Waals surface area contributed by atoms with Gasteiger partial charge in [0.1, 0.15) is 5.75 Å². The number of rotatable bonds is 4. The van der Waals surface area contributed by atoms with E-state index in [2.05, 4.69) is 6.07 Å². The second-order valence-electron chi connectivity index (χ2n) is 6.89. The molecule has 0 aliphatic carbocycles. The van der Waals surface area contributed by atoms with Gasteiger partial charge in [0.15, 0.2) is 0 Å². The van der Waals surface area contributed by atoms with Gasteiger partial charge in [-0.15, -0.1) is 0 Å². The van der Waals surface area contributed by atoms with E-state index in [1.165, 1.54) is 4.90 Å². The molecule has 0 aromatic heterocycles. The Morgan fingerprint density at radius 1 is 0.933 bits per heavy atom. The van der Waals surface area contributed by atoms with Crippen LogP contribution >= 0.6 is 0 Å². The highest BCUT2D eigenvalue weighted by Gasteiger charge is 2.34. The number of amides is 2. The van der Waals surface area contributed by atoms with Gasteiger partial charge in [0.2, 0.25) is 0 Å². The fourth-order valence-electron chi connectivity index (χ4n) is 3.46. The van der Waals surface area contributed by atoms with Gasteiger partial charge in [0.25, 0.3) is 11.8 Å². The van der Waals surface area contributed by atoms with E-state index in [1.807, 2.05) is 18.2 Å². The van der Waals surface area contributed by atoms with Gasteiger partial charge < -0.3 is 4.74 Å². The van der Waals surface area contributed by atoms with E-state index < -0.39 is 0 Å². The van der Waals surface area contributed by atoms with E-state index in [9.17, 15) is 9.59 Å². The molecule has 4 rings (SSSR count). The van der Waals surface area contributed by atoms with E-state index in [-0.39, 0.29) is 18.4 Å². The lowest BCUT2D eigenvalue weighted by molar-refractivity contribution is -0.123. The quantitative estimate of drug-likeness (QED) is 0.489. The van der Waals surface area contributed by atoms with Crippen molar-refractivity contribution < 1.29 is 14.3 Å². The Kier molecular flexibility index (Phi) is 5.15. The average Bonchev–Trinajstić information content (AvgIpc) is 2.80. The summed E-state index contributed by atoms with van der Waals surface area (Å²) in [5.41, 5.74) is 3.56. The maximum atomic E-state index is 13.3. The lowest BCUT2D eigenvalue weighted by Crippen LogP contribution is -2.41. The monoisotopic (exact) mass is 394 g/mol. The molecule has 3 aromatic rings. The predicted octanol–water partition coefficient (Wildman–Crippen LogP) is 4.29. The maximum Gasteiger partial charge on any atom is 0.261 e. The molecule has 0 fully saturated rings. The van der Waals surface area contributed by atoms with Crippen LogP contribution in [0.1, 0.15) is 32.6 Å². The highest BCUT2D eigenvalue weighted by molar-refractivity contribution is 6.33. The number of carbonyl (C=O) groups excluding carboxylic acids is 2. The van der Waals surface area contributed by atoms with Gasteiger partial charge in [-0.05, 0) is 53.1 Å². The smallest absolute Gasteiger partial charge is 0.261 e. The Balaban J connectivity index is 1.76. The van der Waals surface area contributed by atoms with Crippen LogP contribution in [0.4, 0.5) is 0 Å². The summed E-state index contributed by atoms with van der Waals surface area (Å²) in [6.07, 6.45) is 1.73. The molecule has 30 heavy (non-hydrogen) atoms. The first kappa shape index (κ1) is 19.2. The van der Waals surface area contributed by atoms with Gasteiger partial charge in [-0.1, -0.05) is 42.5 Å². The second-order valence-corrected chi connectivity index (χ2v) is 6.89. The molecule has 0 atom stereocenters. The molecular weight excluding hydrogens is 376 g/mol. The number of ether oxygens (including phenoxy) is 1. The van der Waals surface area contributed by atoms with Crippen molar-refractivity contribution >= 4 is 23.5 Å². The topological polar surface area (TPSA) is 70.4 Å². The predicted molar refractivity (Wildman–Crippen MR) is 113 cm³/mol. The molecule has 0 saturated heterocycles. The number of nitriles is 1. The van der Waals surface area contributed by atoms with Crippen LogP contribution in [-0.2, 0) is 11.3 Å². The first-order valence-corrected chi connectivity index (χ1v) is 9.41. The number of methoxy groups -OCH3 is 1. The van der Waals surface area contributed by atoms with Crippen LogP contribution in [0.25, 0.3) is 11.6 Å². The molecule has 1 heterocycles. The zero-order valence-electron chi connectivity index (χ0n) is 16.3. The largest absolute Gasteiger partial charge is 0.497 e. The third-order valence-corrected chi connectivity index (χ3v) is 4.99. The lowest BCUT2D eigenvalue weighted by Gasteiger charge is -2.28. The number of nitrogens with zero attached hydrogens (tertiary/aromatic N) is 2. The highest BCUT2D eigenvalue weighted by atomic mass is 16.5. The van der Waals surface area contributed by atoms with Gasteiger partial charge in [0.05, 0.1) is 25.3 Å². The first-order valence-electron chi connectivity index (χ1n) is 9.41. The van der Waals surface area contributed by atoms with Crippen molar-refractivity contribution in [2.75, 3.05) is 7.11 Å². The van der Waals surface area contributed by atoms with E-state index in [4.69, 9.17) is 10.00 Å². The summed E-state index contributed by atoms with van der Waals surface area (Å²) in [6, 6.07) is 23.5. The van der Waals surface area contributed by atoms with E-state index in [1.54, 1.807) is 67.8 Å². The molecule has 2 amide bonds. The van der Waals surface area contributed by atoms with Crippen molar-refractivity contribution in [1.82, 2.24) is 4.90 Å². The minimum absolute atomic E-state index is 0.158. The Labute approximate surface area is 174 Å². The summed E-state index contributed by atoms with van der Waals surface area (Å²) in [7, 11) is 1.59. The minimum Gasteiger partial charge on any atom is -0.497 e. The summed E-state index contributed by atoms with van der Waals surface area (Å²) in [4.78, 5) is 27.6. The third kappa shape index (κ3) is 3.59. The number of benzene rings is 3. The zero-order valence-corrected chi connectivity index (χ0v) is 16.3. The molecule has 0 spiro atoms. The minimum atomic E-state index is -0.364. The molecule has 3 aromatic carbocycles. The normalized spacial score (nSPS) is 14.4. The maximum absolute atomic E-state index is 13.3. The highest BCUT2D eigenvalue weighted by Crippen LogP contribution is 2.31. The van der Waals surface area contributed by atoms with Gasteiger partial charge in [-0.2, -0.15) is 5.26 Å². The van der Waals surface area contributed by atoms with Gasteiger partial charge >= 0.3 is 0 Å². The lowest BCUT2D eigenvalue weighted by atomic mass is 9.91. The second kappa shape index (κ2) is 8.06. The number of fused-ring (bicyclic) bond motifs is 1.